The molecule has 0 spiro atoms. The van der Waals surface area contributed by atoms with Crippen LogP contribution < -0.4 is 15.4 Å². The number of likely N-dealkylation sites (tertiary alicyclic amines) is 1. The number of carbonyl (C=O) groups excluding carboxylic acids is 2. The van der Waals surface area contributed by atoms with E-state index in [2.05, 4.69) is 39.8 Å². The summed E-state index contributed by atoms with van der Waals surface area (Å²) in [6.07, 6.45) is 1.85. The van der Waals surface area contributed by atoms with Crippen molar-refractivity contribution >= 4 is 12.0 Å². The van der Waals surface area contributed by atoms with Gasteiger partial charge in [0.2, 0.25) is 0 Å². The number of carbonyl (C=O) groups is 2. The Kier molecular flexibility index (Phi) is 7.68. The summed E-state index contributed by atoms with van der Waals surface area (Å²) in [5.41, 5.74) is 2.45. The highest BCUT2D eigenvalue weighted by Gasteiger charge is 2.21. The summed E-state index contributed by atoms with van der Waals surface area (Å²) in [4.78, 5) is 26.6. The molecule has 0 aromatic heterocycles. The molecule has 1 aliphatic rings. The van der Waals surface area contributed by atoms with Crippen LogP contribution in [0.5, 0.6) is 5.75 Å². The molecule has 0 unspecified atom stereocenters. The van der Waals surface area contributed by atoms with Crippen LogP contribution in [0.2, 0.25) is 0 Å². The molecule has 2 aromatic rings. The van der Waals surface area contributed by atoms with E-state index in [4.69, 9.17) is 9.47 Å². The van der Waals surface area contributed by atoms with Gasteiger partial charge in [-0.15, -0.1) is 0 Å². The Labute approximate surface area is 177 Å². The van der Waals surface area contributed by atoms with E-state index in [1.165, 1.54) is 19.8 Å². The third-order valence-electron chi connectivity index (χ3n) is 5.29. The van der Waals surface area contributed by atoms with Crippen LogP contribution in [0.15, 0.2) is 48.5 Å². The summed E-state index contributed by atoms with van der Waals surface area (Å²) in [5.74, 6) is -0.0299. The smallest absolute Gasteiger partial charge is 0.341 e. The highest BCUT2D eigenvalue weighted by Crippen LogP contribution is 2.21. The molecule has 7 nitrogen and oxygen atoms in total. The van der Waals surface area contributed by atoms with Crippen molar-refractivity contribution in [2.24, 2.45) is 0 Å². The van der Waals surface area contributed by atoms with Crippen LogP contribution in [0.25, 0.3) is 0 Å². The largest absolute Gasteiger partial charge is 0.496 e. The Morgan fingerprint density at radius 3 is 2.43 bits per heavy atom. The second-order valence-corrected chi connectivity index (χ2v) is 7.39. The average Bonchev–Trinajstić information content (AvgIpc) is 2.79. The van der Waals surface area contributed by atoms with Gasteiger partial charge in [0.05, 0.1) is 14.2 Å². The van der Waals surface area contributed by atoms with E-state index < -0.39 is 5.97 Å². The topological polar surface area (TPSA) is 79.9 Å². The lowest BCUT2D eigenvalue weighted by atomic mass is 10.0. The number of urea groups is 1. The molecular weight excluding hydrogens is 382 g/mol. The Bertz CT molecular complexity index is 849. The molecule has 160 valence electrons. The van der Waals surface area contributed by atoms with Crippen molar-refractivity contribution in [3.8, 4) is 5.75 Å². The molecule has 1 saturated heterocycles. The first-order valence-corrected chi connectivity index (χ1v) is 10.1. The van der Waals surface area contributed by atoms with E-state index in [-0.39, 0.29) is 12.1 Å². The van der Waals surface area contributed by atoms with Crippen molar-refractivity contribution < 1.29 is 19.1 Å². The summed E-state index contributed by atoms with van der Waals surface area (Å²) < 4.78 is 9.97. The Hall–Kier alpha value is -3.06. The van der Waals surface area contributed by atoms with Gasteiger partial charge in [-0.25, -0.2) is 9.59 Å². The number of benzene rings is 2. The fraction of sp³-hybridized carbons (Fsp3) is 0.391. The first-order valence-electron chi connectivity index (χ1n) is 10.1. The molecule has 0 aliphatic carbocycles. The molecule has 2 aromatic carbocycles. The van der Waals surface area contributed by atoms with Gasteiger partial charge < -0.3 is 20.1 Å². The van der Waals surface area contributed by atoms with Crippen molar-refractivity contribution in [1.82, 2.24) is 15.5 Å². The van der Waals surface area contributed by atoms with Crippen LogP contribution in [-0.4, -0.2) is 50.3 Å². The van der Waals surface area contributed by atoms with Crippen molar-refractivity contribution in [2.45, 2.75) is 32.0 Å². The summed E-state index contributed by atoms with van der Waals surface area (Å²) in [7, 11) is 2.82. The standard InChI is InChI=1S/C23H29N3O4/c1-29-21-9-8-18(14-20(21)22(27)30-2)15-24-23(28)25-19-10-12-26(13-11-19)16-17-6-4-3-5-7-17/h3-9,14,19H,10-13,15-16H2,1-2H3,(H2,24,25,28). The predicted molar refractivity (Wildman–Crippen MR) is 114 cm³/mol. The van der Waals surface area contributed by atoms with E-state index in [9.17, 15) is 9.59 Å². The number of amides is 2. The van der Waals surface area contributed by atoms with Gasteiger partial charge in [0.25, 0.3) is 0 Å². The minimum Gasteiger partial charge on any atom is -0.496 e. The minimum atomic E-state index is -0.472. The molecule has 0 radical (unpaired) electrons. The number of hydrogen-bond acceptors (Lipinski definition) is 5. The number of esters is 1. The predicted octanol–water partition coefficient (Wildman–Crippen LogP) is 2.95. The average molecular weight is 412 g/mol. The molecule has 3 rings (SSSR count). The van der Waals surface area contributed by atoms with Gasteiger partial charge in [0.1, 0.15) is 11.3 Å². The number of hydrogen-bond donors (Lipinski definition) is 2. The summed E-state index contributed by atoms with van der Waals surface area (Å²) in [6.45, 7) is 3.17. The lowest BCUT2D eigenvalue weighted by Crippen LogP contribution is -2.47. The maximum absolute atomic E-state index is 12.3. The monoisotopic (exact) mass is 411 g/mol. The molecule has 2 amide bonds. The Morgan fingerprint density at radius 1 is 1.03 bits per heavy atom. The third-order valence-corrected chi connectivity index (χ3v) is 5.29. The van der Waals surface area contributed by atoms with Crippen molar-refractivity contribution in [3.63, 3.8) is 0 Å². The van der Waals surface area contributed by atoms with Crippen LogP contribution >= 0.6 is 0 Å². The summed E-state index contributed by atoms with van der Waals surface area (Å²) >= 11 is 0. The highest BCUT2D eigenvalue weighted by molar-refractivity contribution is 5.92. The molecule has 7 heteroatoms. The number of rotatable bonds is 7. The zero-order chi connectivity index (χ0) is 21.3. The zero-order valence-corrected chi connectivity index (χ0v) is 17.5. The number of ether oxygens (including phenoxy) is 2. The van der Waals surface area contributed by atoms with Gasteiger partial charge in [-0.2, -0.15) is 0 Å². The van der Waals surface area contributed by atoms with Gasteiger partial charge in [0, 0.05) is 32.2 Å². The third kappa shape index (κ3) is 5.97. The molecule has 0 saturated carbocycles. The summed E-state index contributed by atoms with van der Waals surface area (Å²) in [6, 6.07) is 15.6. The summed E-state index contributed by atoms with van der Waals surface area (Å²) in [5, 5.41) is 5.91. The number of methoxy groups -OCH3 is 2. The van der Waals surface area contributed by atoms with Crippen LogP contribution in [-0.2, 0) is 17.8 Å². The number of nitrogens with zero attached hydrogens (tertiary/aromatic N) is 1. The SMILES string of the molecule is COC(=O)c1cc(CNC(=O)NC2CCN(Cc3ccccc3)CC2)ccc1OC. The number of nitrogens with one attached hydrogen (secondary N) is 2. The molecule has 2 N–H and O–H groups in total. The minimum absolute atomic E-state index is 0.165. The second-order valence-electron chi connectivity index (χ2n) is 7.39. The molecule has 1 heterocycles. The normalized spacial score (nSPS) is 14.7. The zero-order valence-electron chi connectivity index (χ0n) is 17.5. The lowest BCUT2D eigenvalue weighted by Gasteiger charge is -2.32. The second kappa shape index (κ2) is 10.6. The quantitative estimate of drug-likeness (QED) is 0.685. The van der Waals surface area contributed by atoms with Gasteiger partial charge in [-0.1, -0.05) is 36.4 Å². The first-order chi connectivity index (χ1) is 14.6. The maximum atomic E-state index is 12.3. The molecule has 1 fully saturated rings. The number of piperidine rings is 1. The van der Waals surface area contributed by atoms with Gasteiger partial charge in [0.15, 0.2) is 0 Å². The van der Waals surface area contributed by atoms with E-state index in [0.29, 0.717) is 17.9 Å². The fourth-order valence-corrected chi connectivity index (χ4v) is 3.63. The fourth-order valence-electron chi connectivity index (χ4n) is 3.63. The van der Waals surface area contributed by atoms with Crippen molar-refractivity contribution in [2.75, 3.05) is 27.3 Å². The van der Waals surface area contributed by atoms with Crippen LogP contribution in [0.4, 0.5) is 4.79 Å². The molecule has 0 atom stereocenters. The van der Waals surface area contributed by atoms with E-state index in [1.54, 1.807) is 12.1 Å². The highest BCUT2D eigenvalue weighted by atomic mass is 16.5. The lowest BCUT2D eigenvalue weighted by molar-refractivity contribution is 0.0597. The van der Waals surface area contributed by atoms with Gasteiger partial charge in [-0.3, -0.25) is 4.90 Å². The van der Waals surface area contributed by atoms with Crippen LogP contribution in [0.3, 0.4) is 0 Å². The molecule has 0 bridgehead atoms. The first kappa shape index (κ1) is 21.6. The Balaban J connectivity index is 1.44. The van der Waals surface area contributed by atoms with Gasteiger partial charge >= 0.3 is 12.0 Å². The van der Waals surface area contributed by atoms with Gasteiger partial charge in [-0.05, 0) is 36.1 Å². The van der Waals surface area contributed by atoms with E-state index >= 15 is 0 Å². The molecule has 1 aliphatic heterocycles. The van der Waals surface area contributed by atoms with Crippen LogP contribution in [0, 0.1) is 0 Å². The molecule has 30 heavy (non-hydrogen) atoms. The Morgan fingerprint density at radius 2 is 1.77 bits per heavy atom. The maximum Gasteiger partial charge on any atom is 0.341 e. The van der Waals surface area contributed by atoms with Crippen LogP contribution in [0.1, 0.15) is 34.3 Å². The van der Waals surface area contributed by atoms with Crippen molar-refractivity contribution in [3.05, 3.63) is 65.2 Å². The van der Waals surface area contributed by atoms with E-state index in [0.717, 1.165) is 38.0 Å². The van der Waals surface area contributed by atoms with E-state index in [1.807, 2.05) is 12.1 Å². The van der Waals surface area contributed by atoms with Crippen molar-refractivity contribution in [1.29, 1.82) is 0 Å². The molecular formula is C23H29N3O4.